The Hall–Kier alpha value is -13.9. The molecule has 0 rings (SSSR count). The van der Waals surface area contributed by atoms with Crippen molar-refractivity contribution in [3.8, 4) is 0 Å². The molecule has 19 amide bonds. The zero-order chi connectivity index (χ0) is 112. The van der Waals surface area contributed by atoms with Gasteiger partial charge in [0.15, 0.2) is 17.9 Å². The molecule has 0 spiro atoms. The molecule has 60 nitrogen and oxygen atoms in total. The van der Waals surface area contributed by atoms with Crippen LogP contribution in [-0.2, 0) is 101 Å². The monoisotopic (exact) mass is 2110 g/mol. The van der Waals surface area contributed by atoms with Crippen LogP contribution in [-0.4, -0.2) is 362 Å². The molecule has 0 fully saturated rings. The first-order valence-electron chi connectivity index (χ1n) is 47.6. The van der Waals surface area contributed by atoms with Crippen molar-refractivity contribution in [2.45, 2.75) is 285 Å². The summed E-state index contributed by atoms with van der Waals surface area (Å²) in [5, 5.41) is 120. The fourth-order valence-electron chi connectivity index (χ4n) is 13.0. The Bertz CT molecular complexity index is 4260. The van der Waals surface area contributed by atoms with Gasteiger partial charge in [-0.25, -0.2) is 9.59 Å². The third-order valence-corrected chi connectivity index (χ3v) is 21.2. The molecule has 0 aromatic heterocycles. The van der Waals surface area contributed by atoms with Crippen LogP contribution in [0.3, 0.4) is 0 Å². The minimum Gasteiger partial charge on any atom is -0.480 e. The Balaban J connectivity index is 0. The summed E-state index contributed by atoms with van der Waals surface area (Å²) in [6.07, 6.45) is -4.67. The molecule has 0 saturated carbocycles. The number of guanidine groups is 3. The van der Waals surface area contributed by atoms with Crippen molar-refractivity contribution in [1.82, 2.24) is 112 Å². The van der Waals surface area contributed by atoms with E-state index in [0.717, 1.165) is 6.92 Å². The SMILES string of the molecule is CC(C)[C@H](NC(=O)[C@H](CCCCN)NC(=O)CNC(=O)CNC(=O)[C@H](CCC(N)=O)NC(=O)[C@H](CCCCN)NC(=O)CNC(=O)[C@H](CCCNC(=N)N)NC(=O)CNC(=O)[C@@H](N)CCCCN)C(=O)N[C@@H](CCCNC(=N)N)C(=O)N[C@@H](C)C(=O)N[C@@H](CCCCN)C(=O)N[C@@H](C)C(=O)N[C@@H](CCCCN)C(=O)N[C@@H](C(=O)N[C@@H](CCCNC(=N)N)C(=O)N[C@@H](CO)C(=O)N[C@@H](CO)C(=O)O)[C@@H](C)O.O=C(O)C(F)(F)F. The fraction of sp³-hybridized carbons (Fsp3) is 0.714. The maximum Gasteiger partial charge on any atom is 0.490 e. The standard InChI is InChI=1S/C82H154N34O24.C2HF3O2/c1-43(2)63(115-74(134)50(21-8-13-31-85)107-60(122)38-99-59(121)37-101-69(129)55(27-28-58(89)120)110-72(132)49(20-7-12-30-84)106-62(124)40-102-68(128)48(24-16-34-96-80(90)91)105-61(123)39-100-67(127)47(88)19-6-11-29-83)77(137)111-53(25-17-35-97-81(92)93)71(131)104-44(3)65(125)108-51(22-9-14-32-86)70(130)103-45(4)66(126)109-52(23-10-15-33-87)75(135)116-64(46(5)119)78(138)112-54(26-18-36-98-82(94)95)73(133)113-56(41-117)76(136)114-57(42-118)79(139)140;3-2(4,5)1(6)7/h43-57,63-64,117-119H,6-42,83-88H2,1-5H3,(H2,89,120)(H,99,121)(H,100,127)(H,101,129)(H,102,128)(H,103,130)(H,104,131)(H,105,123)(H,106,124)(H,107,122)(H,108,125)(H,109,126)(H,110,132)(H,111,137)(H,112,138)(H,113,133)(H,114,136)(H,115,134)(H,116,135)(H,139,140)(H4,90,91,96)(H4,92,93,97)(H4,94,95,98);(H,6,7)/t44-,45-,46+,47-,48-,49-,50-,51-,52-,53-,54-,55-,56-,57-,63-,64+;/m0./s1. The number of aliphatic carboxylic acids is 2. The van der Waals surface area contributed by atoms with Gasteiger partial charge in [0.2, 0.25) is 112 Å². The van der Waals surface area contributed by atoms with Gasteiger partial charge in [0.25, 0.3) is 0 Å². The van der Waals surface area contributed by atoms with E-state index in [2.05, 4.69) is 106 Å². The van der Waals surface area contributed by atoms with Crippen LogP contribution < -0.4 is 169 Å². The van der Waals surface area contributed by atoms with Gasteiger partial charge in [-0.15, -0.1) is 0 Å². The zero-order valence-corrected chi connectivity index (χ0v) is 83.2. The van der Waals surface area contributed by atoms with Gasteiger partial charge in [-0.3, -0.25) is 107 Å². The highest BCUT2D eigenvalue weighted by molar-refractivity contribution is 6.01. The first-order chi connectivity index (χ1) is 69.1. The summed E-state index contributed by atoms with van der Waals surface area (Å²) in [5.74, 6) is -24.8. The Labute approximate surface area is 846 Å². The maximum atomic E-state index is 14.4. The number of rotatable bonds is 76. The van der Waals surface area contributed by atoms with Crippen LogP contribution in [0.15, 0.2) is 0 Å². The van der Waals surface area contributed by atoms with E-state index in [1.165, 1.54) is 13.8 Å². The second kappa shape index (κ2) is 75.8. The number of carboxylic acids is 2. The highest BCUT2D eigenvalue weighted by Gasteiger charge is 2.41. The predicted molar refractivity (Wildman–Crippen MR) is 521 cm³/mol. The number of aliphatic hydroxyl groups is 3. The number of carboxylic acid groups (broad SMARTS) is 2. The lowest BCUT2D eigenvalue weighted by atomic mass is 10.0. The van der Waals surface area contributed by atoms with Gasteiger partial charge in [0, 0.05) is 26.1 Å². The van der Waals surface area contributed by atoms with Gasteiger partial charge in [-0.2, -0.15) is 13.2 Å². The van der Waals surface area contributed by atoms with Crippen molar-refractivity contribution in [2.24, 2.45) is 63.3 Å². The lowest BCUT2D eigenvalue weighted by Gasteiger charge is -2.28. The predicted octanol–water partition coefficient (Wildman–Crippen LogP) is -15.0. The van der Waals surface area contributed by atoms with Gasteiger partial charge < -0.3 is 195 Å². The van der Waals surface area contributed by atoms with Crippen molar-refractivity contribution in [2.75, 3.05) is 91.8 Å². The first kappa shape index (κ1) is 135. The number of carbonyl (C=O) groups is 21. The summed E-state index contributed by atoms with van der Waals surface area (Å²) >= 11 is 0. The Kier molecular flexibility index (Phi) is 69.7. The minimum absolute atomic E-state index is 0.00420. The average molecular weight is 2110 g/mol. The molecule has 49 N–H and O–H groups in total. The molecular weight excluding hydrogens is 1960 g/mol. The highest BCUT2D eigenvalue weighted by atomic mass is 19.4. The van der Waals surface area contributed by atoms with E-state index in [4.69, 9.17) is 83.5 Å². The van der Waals surface area contributed by atoms with Crippen LogP contribution in [0.1, 0.15) is 182 Å². The Morgan fingerprint density at radius 3 is 0.871 bits per heavy atom. The molecule has 63 heteroatoms. The number of aliphatic hydroxyl groups excluding tert-OH is 3. The molecule has 838 valence electrons. The Morgan fingerprint density at radius 1 is 0.293 bits per heavy atom. The Morgan fingerprint density at radius 2 is 0.551 bits per heavy atom. The van der Waals surface area contributed by atoms with Crippen molar-refractivity contribution >= 4 is 142 Å². The number of alkyl halides is 3. The fourth-order valence-corrected chi connectivity index (χ4v) is 13.0. The lowest BCUT2D eigenvalue weighted by molar-refractivity contribution is -0.192. The van der Waals surface area contributed by atoms with Crippen molar-refractivity contribution in [3.05, 3.63) is 0 Å². The van der Waals surface area contributed by atoms with Gasteiger partial charge in [-0.05, 0) is 194 Å². The second-order valence-electron chi connectivity index (χ2n) is 34.1. The molecule has 0 heterocycles. The van der Waals surface area contributed by atoms with Crippen LogP contribution in [0.2, 0.25) is 0 Å². The lowest BCUT2D eigenvalue weighted by Crippen LogP contribution is -2.62. The average Bonchev–Trinajstić information content (AvgIpc) is 0.850. The van der Waals surface area contributed by atoms with E-state index in [-0.39, 0.29) is 142 Å². The smallest absolute Gasteiger partial charge is 0.480 e. The number of nitrogens with two attached hydrogens (primary N) is 10. The summed E-state index contributed by atoms with van der Waals surface area (Å²) < 4.78 is 31.7. The molecule has 0 aromatic carbocycles. The van der Waals surface area contributed by atoms with E-state index in [1.807, 2.05) is 5.32 Å². The first-order valence-corrected chi connectivity index (χ1v) is 47.6. The van der Waals surface area contributed by atoms with Crippen LogP contribution in [0, 0.1) is 22.1 Å². The maximum absolute atomic E-state index is 14.4. The number of unbranched alkanes of at least 4 members (excludes halogenated alkanes) is 5. The number of hydrogen-bond donors (Lipinski definition) is 39. The normalized spacial score (nSPS) is 14.2. The molecule has 0 radical (unpaired) electrons. The topological polar surface area (TPSA) is 1040 Å². The van der Waals surface area contributed by atoms with Crippen LogP contribution >= 0.6 is 0 Å². The molecule has 0 saturated heterocycles. The number of halogens is 3. The largest absolute Gasteiger partial charge is 0.490 e. The summed E-state index contributed by atoms with van der Waals surface area (Å²) in [7, 11) is 0. The molecule has 0 aliphatic heterocycles. The zero-order valence-electron chi connectivity index (χ0n) is 83.2. The van der Waals surface area contributed by atoms with Crippen LogP contribution in [0.5, 0.6) is 0 Å². The van der Waals surface area contributed by atoms with Crippen molar-refractivity contribution < 1.29 is 139 Å². The van der Waals surface area contributed by atoms with E-state index in [0.29, 0.717) is 51.5 Å². The second-order valence-corrected chi connectivity index (χ2v) is 34.1. The highest BCUT2D eigenvalue weighted by Crippen LogP contribution is 2.16. The summed E-state index contributed by atoms with van der Waals surface area (Å²) in [6.45, 7) is 2.57. The van der Waals surface area contributed by atoms with Gasteiger partial charge in [-0.1, -0.05) is 20.3 Å². The molecule has 0 unspecified atom stereocenters. The molecule has 16 atom stereocenters. The van der Waals surface area contributed by atoms with Crippen LogP contribution in [0.25, 0.3) is 0 Å². The van der Waals surface area contributed by atoms with Crippen molar-refractivity contribution in [3.63, 3.8) is 0 Å². The number of carbonyl (C=O) groups excluding carboxylic acids is 19. The molecule has 0 aliphatic rings. The van der Waals surface area contributed by atoms with Crippen LogP contribution in [0.4, 0.5) is 13.2 Å². The molecular formula is C84H155F3N34O26. The third-order valence-electron chi connectivity index (χ3n) is 21.2. The van der Waals surface area contributed by atoms with Gasteiger partial charge in [0.05, 0.1) is 51.5 Å². The summed E-state index contributed by atoms with van der Waals surface area (Å²) in [5.41, 5.74) is 56.1. The third kappa shape index (κ3) is 61.2. The summed E-state index contributed by atoms with van der Waals surface area (Å²) in [4.78, 5) is 280. The number of amides is 19. The molecule has 0 bridgehead atoms. The van der Waals surface area contributed by atoms with E-state index < -0.39 is 297 Å². The minimum atomic E-state index is -5.08. The number of hydrogen-bond acceptors (Lipinski definition) is 33. The molecule has 0 aromatic rings. The summed E-state index contributed by atoms with van der Waals surface area (Å²) in [6, 6.07) is -22.7. The van der Waals surface area contributed by atoms with E-state index in [9.17, 15) is 129 Å². The number of primary amides is 1. The van der Waals surface area contributed by atoms with E-state index >= 15 is 0 Å². The molecule has 147 heavy (non-hydrogen) atoms. The van der Waals surface area contributed by atoms with Crippen molar-refractivity contribution in [1.29, 1.82) is 16.2 Å². The van der Waals surface area contributed by atoms with E-state index in [1.54, 1.807) is 13.8 Å². The molecule has 0 aliphatic carbocycles. The van der Waals surface area contributed by atoms with Gasteiger partial charge in [0.1, 0.15) is 84.6 Å². The quantitative estimate of drug-likeness (QED) is 0.0153. The van der Waals surface area contributed by atoms with Gasteiger partial charge >= 0.3 is 18.1 Å². The number of nitrogens with one attached hydrogen (secondary N) is 24.